The minimum Gasteiger partial charge on any atom is -0.493 e. The zero-order chi connectivity index (χ0) is 12.3. The highest BCUT2D eigenvalue weighted by molar-refractivity contribution is 5.85. The Morgan fingerprint density at radius 1 is 1.17 bits per heavy atom. The predicted molar refractivity (Wildman–Crippen MR) is 76.2 cm³/mol. The van der Waals surface area contributed by atoms with Crippen molar-refractivity contribution in [1.82, 2.24) is 5.32 Å². The lowest BCUT2D eigenvalue weighted by Crippen LogP contribution is -2.42. The Morgan fingerprint density at radius 2 is 1.83 bits per heavy atom. The van der Waals surface area contributed by atoms with Gasteiger partial charge in [-0.25, -0.2) is 0 Å². The molecule has 0 saturated heterocycles. The van der Waals surface area contributed by atoms with Crippen molar-refractivity contribution in [1.29, 1.82) is 0 Å². The Labute approximate surface area is 115 Å². The number of benzene rings is 1. The smallest absolute Gasteiger partial charge is 0.161 e. The zero-order valence-corrected chi connectivity index (χ0v) is 12.1. The molecule has 0 spiro atoms. The van der Waals surface area contributed by atoms with Crippen molar-refractivity contribution >= 4 is 12.4 Å². The van der Waals surface area contributed by atoms with Gasteiger partial charge in [0.1, 0.15) is 0 Å². The van der Waals surface area contributed by atoms with E-state index < -0.39 is 0 Å². The van der Waals surface area contributed by atoms with Crippen LogP contribution in [-0.2, 0) is 5.41 Å². The SMILES string of the molecule is CNCC1(c2ccc(OC)c(OC)c2)CCC1.Cl. The number of methoxy groups -OCH3 is 2. The lowest BCUT2D eigenvalue weighted by Gasteiger charge is -2.42. The van der Waals surface area contributed by atoms with Crippen LogP contribution in [0.1, 0.15) is 24.8 Å². The van der Waals surface area contributed by atoms with E-state index in [1.54, 1.807) is 14.2 Å². The summed E-state index contributed by atoms with van der Waals surface area (Å²) in [4.78, 5) is 0. The van der Waals surface area contributed by atoms with Crippen molar-refractivity contribution in [3.05, 3.63) is 23.8 Å². The van der Waals surface area contributed by atoms with Gasteiger partial charge in [-0.3, -0.25) is 0 Å². The van der Waals surface area contributed by atoms with Crippen molar-refractivity contribution in [2.24, 2.45) is 0 Å². The Morgan fingerprint density at radius 3 is 2.28 bits per heavy atom. The Hall–Kier alpha value is -0.930. The van der Waals surface area contributed by atoms with Gasteiger partial charge in [-0.05, 0) is 37.6 Å². The van der Waals surface area contributed by atoms with Gasteiger partial charge < -0.3 is 14.8 Å². The Bertz CT molecular complexity index is 391. The van der Waals surface area contributed by atoms with Crippen molar-refractivity contribution in [3.8, 4) is 11.5 Å². The standard InChI is InChI=1S/C14H21NO2.ClH/c1-15-10-14(7-4-8-14)11-5-6-12(16-2)13(9-11)17-3;/h5-6,9,15H,4,7-8,10H2,1-3H3;1H. The first kappa shape index (κ1) is 15.1. The van der Waals surface area contributed by atoms with Crippen LogP contribution in [0.25, 0.3) is 0 Å². The van der Waals surface area contributed by atoms with Crippen LogP contribution >= 0.6 is 12.4 Å². The quantitative estimate of drug-likeness (QED) is 0.893. The highest BCUT2D eigenvalue weighted by Crippen LogP contribution is 2.45. The molecule has 4 heteroatoms. The van der Waals surface area contributed by atoms with E-state index in [4.69, 9.17) is 9.47 Å². The minimum absolute atomic E-state index is 0. The molecule has 0 atom stereocenters. The second kappa shape index (κ2) is 6.30. The number of nitrogens with one attached hydrogen (secondary N) is 1. The van der Waals surface area contributed by atoms with Crippen LogP contribution in [0.15, 0.2) is 18.2 Å². The van der Waals surface area contributed by atoms with Gasteiger partial charge in [0.05, 0.1) is 14.2 Å². The molecule has 18 heavy (non-hydrogen) atoms. The van der Waals surface area contributed by atoms with Gasteiger partial charge in [0, 0.05) is 12.0 Å². The lowest BCUT2D eigenvalue weighted by molar-refractivity contribution is 0.237. The number of likely N-dealkylation sites (N-methyl/N-ethyl adjacent to an activating group) is 1. The molecule has 1 aromatic rings. The van der Waals surface area contributed by atoms with Crippen LogP contribution in [0.4, 0.5) is 0 Å². The Balaban J connectivity index is 0.00000162. The third-order valence-electron chi connectivity index (χ3n) is 3.82. The van der Waals surface area contributed by atoms with Crippen LogP contribution in [-0.4, -0.2) is 27.8 Å². The molecule has 1 aliphatic carbocycles. The molecule has 0 bridgehead atoms. The fourth-order valence-corrected chi connectivity index (χ4v) is 2.68. The van der Waals surface area contributed by atoms with Gasteiger partial charge in [0.15, 0.2) is 11.5 Å². The maximum absolute atomic E-state index is 5.37. The molecule has 1 aromatic carbocycles. The fraction of sp³-hybridized carbons (Fsp3) is 0.571. The molecule has 1 aliphatic rings. The number of rotatable bonds is 5. The third kappa shape index (κ3) is 2.57. The van der Waals surface area contributed by atoms with Gasteiger partial charge in [-0.15, -0.1) is 12.4 Å². The number of ether oxygens (including phenoxy) is 2. The van der Waals surface area contributed by atoms with E-state index in [-0.39, 0.29) is 12.4 Å². The highest BCUT2D eigenvalue weighted by atomic mass is 35.5. The molecule has 2 rings (SSSR count). The molecule has 0 unspecified atom stereocenters. The fourth-order valence-electron chi connectivity index (χ4n) is 2.68. The average Bonchev–Trinajstić information content (AvgIpc) is 2.33. The molecule has 102 valence electrons. The summed E-state index contributed by atoms with van der Waals surface area (Å²) in [5.41, 5.74) is 1.66. The monoisotopic (exact) mass is 271 g/mol. The van der Waals surface area contributed by atoms with E-state index >= 15 is 0 Å². The normalized spacial score (nSPS) is 16.4. The predicted octanol–water partition coefficient (Wildman–Crippen LogP) is 2.77. The maximum Gasteiger partial charge on any atom is 0.161 e. The molecular formula is C14H22ClNO2. The van der Waals surface area contributed by atoms with E-state index in [1.165, 1.54) is 24.8 Å². The summed E-state index contributed by atoms with van der Waals surface area (Å²) in [6, 6.07) is 6.29. The molecule has 3 nitrogen and oxygen atoms in total. The molecule has 1 fully saturated rings. The summed E-state index contributed by atoms with van der Waals surface area (Å²) >= 11 is 0. The third-order valence-corrected chi connectivity index (χ3v) is 3.82. The summed E-state index contributed by atoms with van der Waals surface area (Å²) in [6.45, 7) is 1.03. The number of hydrogen-bond donors (Lipinski definition) is 1. The average molecular weight is 272 g/mol. The molecule has 0 aromatic heterocycles. The van der Waals surface area contributed by atoms with Gasteiger partial charge in [-0.2, -0.15) is 0 Å². The number of halogens is 1. The second-order valence-corrected chi connectivity index (χ2v) is 4.73. The van der Waals surface area contributed by atoms with Crippen LogP contribution in [0.3, 0.4) is 0 Å². The van der Waals surface area contributed by atoms with Crippen LogP contribution in [0.2, 0.25) is 0 Å². The zero-order valence-electron chi connectivity index (χ0n) is 11.3. The minimum atomic E-state index is 0. The first-order valence-electron chi connectivity index (χ1n) is 6.13. The number of hydrogen-bond acceptors (Lipinski definition) is 3. The largest absolute Gasteiger partial charge is 0.493 e. The molecule has 1 saturated carbocycles. The van der Waals surface area contributed by atoms with E-state index in [0.717, 1.165) is 18.0 Å². The molecule has 0 aliphatic heterocycles. The molecule has 1 N–H and O–H groups in total. The summed E-state index contributed by atoms with van der Waals surface area (Å²) in [5.74, 6) is 1.63. The maximum atomic E-state index is 5.37. The van der Waals surface area contributed by atoms with Crippen LogP contribution in [0, 0.1) is 0 Å². The second-order valence-electron chi connectivity index (χ2n) is 4.73. The lowest BCUT2D eigenvalue weighted by atomic mass is 9.64. The topological polar surface area (TPSA) is 30.5 Å². The van der Waals surface area contributed by atoms with Crippen molar-refractivity contribution < 1.29 is 9.47 Å². The van der Waals surface area contributed by atoms with Crippen molar-refractivity contribution in [3.63, 3.8) is 0 Å². The van der Waals surface area contributed by atoms with E-state index in [2.05, 4.69) is 17.4 Å². The first-order chi connectivity index (χ1) is 8.25. The first-order valence-corrected chi connectivity index (χ1v) is 6.13. The van der Waals surface area contributed by atoms with Crippen molar-refractivity contribution in [2.45, 2.75) is 24.7 Å². The van der Waals surface area contributed by atoms with E-state index in [9.17, 15) is 0 Å². The molecule has 0 radical (unpaired) electrons. The van der Waals surface area contributed by atoms with Gasteiger partial charge >= 0.3 is 0 Å². The molecule has 0 amide bonds. The summed E-state index contributed by atoms with van der Waals surface area (Å²) in [5, 5.41) is 3.30. The van der Waals surface area contributed by atoms with Gasteiger partial charge in [0.2, 0.25) is 0 Å². The summed E-state index contributed by atoms with van der Waals surface area (Å²) in [6.07, 6.45) is 3.82. The van der Waals surface area contributed by atoms with Gasteiger partial charge in [-0.1, -0.05) is 12.5 Å². The Kier molecular flexibility index (Phi) is 5.29. The molecular weight excluding hydrogens is 250 g/mol. The van der Waals surface area contributed by atoms with Crippen LogP contribution < -0.4 is 14.8 Å². The van der Waals surface area contributed by atoms with Gasteiger partial charge in [0.25, 0.3) is 0 Å². The highest BCUT2D eigenvalue weighted by Gasteiger charge is 2.38. The summed E-state index contributed by atoms with van der Waals surface area (Å²) < 4.78 is 10.6. The molecule has 0 heterocycles. The van der Waals surface area contributed by atoms with E-state index in [0.29, 0.717) is 5.41 Å². The van der Waals surface area contributed by atoms with Crippen molar-refractivity contribution in [2.75, 3.05) is 27.8 Å². The van der Waals surface area contributed by atoms with Crippen LogP contribution in [0.5, 0.6) is 11.5 Å². The van der Waals surface area contributed by atoms with E-state index in [1.807, 2.05) is 13.1 Å². The summed E-state index contributed by atoms with van der Waals surface area (Å²) in [7, 11) is 5.37.